The van der Waals surface area contributed by atoms with Crippen molar-refractivity contribution < 1.29 is 9.90 Å². The number of carbonyl (C=O) groups is 1. The van der Waals surface area contributed by atoms with Crippen LogP contribution in [0.5, 0.6) is 0 Å². The molecular formula is C12H13BrO2. The zero-order valence-electron chi connectivity index (χ0n) is 8.59. The lowest BCUT2D eigenvalue weighted by molar-refractivity contribution is -0.147. The Kier molecular flexibility index (Phi) is 2.59. The molecule has 80 valence electrons. The van der Waals surface area contributed by atoms with Crippen molar-refractivity contribution in [2.45, 2.75) is 31.6 Å². The predicted molar refractivity (Wildman–Crippen MR) is 62.0 cm³/mol. The first-order valence-electron chi connectivity index (χ1n) is 5.06. The van der Waals surface area contributed by atoms with Gasteiger partial charge in [-0.3, -0.25) is 4.79 Å². The molecule has 1 fully saturated rings. The SMILES string of the molecule is Cc1ccc(C2(C(=O)O)CCC2)cc1Br. The summed E-state index contributed by atoms with van der Waals surface area (Å²) in [5.74, 6) is -0.690. The first-order chi connectivity index (χ1) is 7.06. The Morgan fingerprint density at radius 2 is 2.13 bits per heavy atom. The number of carboxylic acids is 1. The number of hydrogen-bond acceptors (Lipinski definition) is 1. The van der Waals surface area contributed by atoms with E-state index in [1.807, 2.05) is 25.1 Å². The van der Waals surface area contributed by atoms with E-state index in [4.69, 9.17) is 0 Å². The molecule has 1 aliphatic carbocycles. The lowest BCUT2D eigenvalue weighted by Crippen LogP contribution is -2.42. The van der Waals surface area contributed by atoms with Crippen LogP contribution >= 0.6 is 15.9 Å². The third-order valence-corrected chi connectivity index (χ3v) is 4.20. The zero-order valence-corrected chi connectivity index (χ0v) is 10.2. The molecule has 0 atom stereocenters. The highest BCUT2D eigenvalue weighted by molar-refractivity contribution is 9.10. The van der Waals surface area contributed by atoms with E-state index in [0.29, 0.717) is 0 Å². The van der Waals surface area contributed by atoms with Gasteiger partial charge in [0, 0.05) is 4.47 Å². The van der Waals surface area contributed by atoms with E-state index in [1.54, 1.807) is 0 Å². The Morgan fingerprint density at radius 3 is 2.53 bits per heavy atom. The van der Waals surface area contributed by atoms with Crippen LogP contribution in [0.15, 0.2) is 22.7 Å². The summed E-state index contributed by atoms with van der Waals surface area (Å²) in [7, 11) is 0. The van der Waals surface area contributed by atoms with Crippen molar-refractivity contribution in [1.82, 2.24) is 0 Å². The maximum absolute atomic E-state index is 11.3. The molecule has 0 spiro atoms. The van der Waals surface area contributed by atoms with Crippen LogP contribution in [-0.4, -0.2) is 11.1 Å². The molecule has 2 rings (SSSR count). The monoisotopic (exact) mass is 268 g/mol. The summed E-state index contributed by atoms with van der Waals surface area (Å²) in [5, 5.41) is 9.28. The number of benzene rings is 1. The predicted octanol–water partition coefficient (Wildman–Crippen LogP) is 3.26. The fourth-order valence-electron chi connectivity index (χ4n) is 2.05. The lowest BCUT2D eigenvalue weighted by Gasteiger charge is -2.38. The van der Waals surface area contributed by atoms with Gasteiger partial charge in [0.1, 0.15) is 0 Å². The van der Waals surface area contributed by atoms with Gasteiger partial charge in [-0.05, 0) is 37.0 Å². The highest BCUT2D eigenvalue weighted by atomic mass is 79.9. The zero-order chi connectivity index (χ0) is 11.1. The highest BCUT2D eigenvalue weighted by Gasteiger charge is 2.45. The van der Waals surface area contributed by atoms with Gasteiger partial charge >= 0.3 is 5.97 Å². The number of carboxylic acid groups (broad SMARTS) is 1. The molecule has 0 amide bonds. The Labute approximate surface area is 97.4 Å². The van der Waals surface area contributed by atoms with Crippen LogP contribution in [0.2, 0.25) is 0 Å². The average Bonchev–Trinajstić information content (AvgIpc) is 2.08. The van der Waals surface area contributed by atoms with Crippen molar-refractivity contribution in [2.24, 2.45) is 0 Å². The summed E-state index contributed by atoms with van der Waals surface area (Å²) >= 11 is 3.45. The summed E-state index contributed by atoms with van der Waals surface area (Å²) in [6.45, 7) is 2.00. The van der Waals surface area contributed by atoms with Crippen LogP contribution in [0.1, 0.15) is 30.4 Å². The Balaban J connectivity index is 2.44. The highest BCUT2D eigenvalue weighted by Crippen LogP contribution is 2.44. The molecule has 15 heavy (non-hydrogen) atoms. The minimum atomic E-state index is -0.690. The van der Waals surface area contributed by atoms with Crippen LogP contribution in [0.4, 0.5) is 0 Å². The average molecular weight is 269 g/mol. The Bertz CT molecular complexity index is 408. The Morgan fingerprint density at radius 1 is 1.47 bits per heavy atom. The molecule has 0 aliphatic heterocycles. The molecule has 2 nitrogen and oxygen atoms in total. The van der Waals surface area contributed by atoms with Crippen LogP contribution < -0.4 is 0 Å². The van der Waals surface area contributed by atoms with Crippen molar-refractivity contribution >= 4 is 21.9 Å². The van der Waals surface area contributed by atoms with E-state index < -0.39 is 11.4 Å². The van der Waals surface area contributed by atoms with E-state index in [2.05, 4.69) is 15.9 Å². The number of rotatable bonds is 2. The van der Waals surface area contributed by atoms with Crippen molar-refractivity contribution in [3.8, 4) is 0 Å². The van der Waals surface area contributed by atoms with Crippen molar-refractivity contribution in [2.75, 3.05) is 0 Å². The second-order valence-electron chi connectivity index (χ2n) is 4.20. The molecule has 0 heterocycles. The van der Waals surface area contributed by atoms with Gasteiger partial charge in [-0.25, -0.2) is 0 Å². The third-order valence-electron chi connectivity index (χ3n) is 3.34. The molecule has 1 saturated carbocycles. The molecule has 1 aromatic carbocycles. The third kappa shape index (κ3) is 1.59. The van der Waals surface area contributed by atoms with Gasteiger partial charge in [-0.2, -0.15) is 0 Å². The van der Waals surface area contributed by atoms with Gasteiger partial charge < -0.3 is 5.11 Å². The van der Waals surface area contributed by atoms with E-state index in [9.17, 15) is 9.90 Å². The molecule has 1 N–H and O–H groups in total. The van der Waals surface area contributed by atoms with E-state index in [-0.39, 0.29) is 0 Å². The first-order valence-corrected chi connectivity index (χ1v) is 5.85. The summed E-state index contributed by atoms with van der Waals surface area (Å²) in [6.07, 6.45) is 2.54. The van der Waals surface area contributed by atoms with Crippen molar-refractivity contribution in [1.29, 1.82) is 0 Å². The smallest absolute Gasteiger partial charge is 0.314 e. The molecule has 0 saturated heterocycles. The van der Waals surface area contributed by atoms with Crippen LogP contribution in [0, 0.1) is 6.92 Å². The van der Waals surface area contributed by atoms with E-state index in [1.165, 1.54) is 0 Å². The van der Waals surface area contributed by atoms with Crippen molar-refractivity contribution in [3.63, 3.8) is 0 Å². The normalized spacial score (nSPS) is 18.3. The molecule has 0 aromatic heterocycles. The first kappa shape index (κ1) is 10.7. The quantitative estimate of drug-likeness (QED) is 0.894. The summed E-state index contributed by atoms with van der Waals surface area (Å²) in [5.41, 5.74) is 1.45. The second-order valence-corrected chi connectivity index (χ2v) is 5.06. The maximum atomic E-state index is 11.3. The molecule has 1 aliphatic rings. The van der Waals surface area contributed by atoms with Gasteiger partial charge in [0.2, 0.25) is 0 Å². The minimum absolute atomic E-state index is 0.615. The molecule has 0 radical (unpaired) electrons. The fraction of sp³-hybridized carbons (Fsp3) is 0.417. The summed E-state index contributed by atoms with van der Waals surface area (Å²) < 4.78 is 0.993. The molecular weight excluding hydrogens is 256 g/mol. The minimum Gasteiger partial charge on any atom is -0.481 e. The van der Waals surface area contributed by atoms with Gasteiger partial charge in [-0.15, -0.1) is 0 Å². The second kappa shape index (κ2) is 3.63. The number of aryl methyl sites for hydroxylation is 1. The molecule has 0 unspecified atom stereocenters. The summed E-state index contributed by atoms with van der Waals surface area (Å²) in [6, 6.07) is 5.86. The largest absolute Gasteiger partial charge is 0.481 e. The summed E-state index contributed by atoms with van der Waals surface area (Å²) in [4.78, 5) is 11.3. The number of halogens is 1. The van der Waals surface area contributed by atoms with E-state index in [0.717, 1.165) is 34.9 Å². The topological polar surface area (TPSA) is 37.3 Å². The van der Waals surface area contributed by atoms with Gasteiger partial charge in [0.15, 0.2) is 0 Å². The lowest BCUT2D eigenvalue weighted by atomic mass is 9.64. The van der Waals surface area contributed by atoms with Gasteiger partial charge in [0.05, 0.1) is 5.41 Å². The molecule has 0 bridgehead atoms. The van der Waals surface area contributed by atoms with E-state index >= 15 is 0 Å². The number of aliphatic carboxylic acids is 1. The molecule has 3 heteroatoms. The Hall–Kier alpha value is -0.830. The van der Waals surface area contributed by atoms with Crippen molar-refractivity contribution in [3.05, 3.63) is 33.8 Å². The van der Waals surface area contributed by atoms with Gasteiger partial charge in [-0.1, -0.05) is 34.5 Å². The van der Waals surface area contributed by atoms with Gasteiger partial charge in [0.25, 0.3) is 0 Å². The fourth-order valence-corrected chi connectivity index (χ4v) is 2.43. The van der Waals surface area contributed by atoms with Crippen LogP contribution in [-0.2, 0) is 10.2 Å². The molecule has 1 aromatic rings. The standard InChI is InChI=1S/C12H13BrO2/c1-8-3-4-9(7-10(8)13)12(11(14)15)5-2-6-12/h3-4,7H,2,5-6H2,1H3,(H,14,15). The maximum Gasteiger partial charge on any atom is 0.314 e. The van der Waals surface area contributed by atoms with Crippen LogP contribution in [0.3, 0.4) is 0 Å². The number of hydrogen-bond donors (Lipinski definition) is 1. The van der Waals surface area contributed by atoms with Crippen LogP contribution in [0.25, 0.3) is 0 Å².